The molecule has 106 heavy (non-hydrogen) atoms. The summed E-state index contributed by atoms with van der Waals surface area (Å²) in [5.41, 5.74) is 21.6. The molecule has 14 heteroatoms. The summed E-state index contributed by atoms with van der Waals surface area (Å²) in [5, 5.41) is 0. The molecule has 0 aliphatic heterocycles. The molecule has 5 aromatic heterocycles. The van der Waals surface area contributed by atoms with Gasteiger partial charge in [-0.3, -0.25) is 39.1 Å². The van der Waals surface area contributed by atoms with Gasteiger partial charge in [0, 0.05) is 131 Å². The standard InChI is InChI=1S/C92H68N10O4/c1-99(89(103)69-41-33-63(34-42-69)83-21-9-13-49-93-83)75-53-73(54-76(57-75)100(2)90(104)70-43-35-64(36-44-70)84-22-10-14-50-94-84)81-19-7-5-17-79(81)61-25-29-67(30-26-61)87-59-88(98-60-97-87)68-31-27-62(28-32-68)80-18-6-8-20-82(80)74-55-77(101(3)91(105)71-45-37-65(38-46-71)85-23-11-15-51-95-85)58-78(56-74)102(4)92(106)72-47-39-66(40-48-72)86-24-12-16-52-96-86/h5-60H,1-4H3. The van der Waals surface area contributed by atoms with E-state index in [1.807, 2.05) is 237 Å². The number of nitrogens with zero attached hydrogens (tertiary/aromatic N) is 10. The third-order valence-electron chi connectivity index (χ3n) is 19.1. The molecule has 0 fully saturated rings. The highest BCUT2D eigenvalue weighted by Crippen LogP contribution is 2.41. The van der Waals surface area contributed by atoms with Crippen molar-refractivity contribution in [1.29, 1.82) is 0 Å². The van der Waals surface area contributed by atoms with E-state index in [4.69, 9.17) is 9.97 Å². The smallest absolute Gasteiger partial charge is 0.258 e. The van der Waals surface area contributed by atoms with E-state index < -0.39 is 0 Å². The molecule has 0 atom stereocenters. The lowest BCUT2D eigenvalue weighted by Gasteiger charge is -2.24. The normalized spacial score (nSPS) is 11.0. The Morgan fingerprint density at radius 3 is 0.670 bits per heavy atom. The van der Waals surface area contributed by atoms with Crippen molar-refractivity contribution in [2.75, 3.05) is 47.8 Å². The van der Waals surface area contributed by atoms with Crippen LogP contribution in [-0.4, -0.2) is 81.7 Å². The highest BCUT2D eigenvalue weighted by atomic mass is 16.2. The lowest BCUT2D eigenvalue weighted by Crippen LogP contribution is -2.28. The predicted molar refractivity (Wildman–Crippen MR) is 424 cm³/mol. The van der Waals surface area contributed by atoms with Gasteiger partial charge in [0.25, 0.3) is 23.6 Å². The molecular weight excluding hydrogens is 1310 g/mol. The highest BCUT2D eigenvalue weighted by Gasteiger charge is 2.24. The van der Waals surface area contributed by atoms with Crippen LogP contribution < -0.4 is 19.6 Å². The van der Waals surface area contributed by atoms with Gasteiger partial charge in [0.1, 0.15) is 6.33 Å². The average molecular weight is 1380 g/mol. The molecule has 0 aliphatic rings. The lowest BCUT2D eigenvalue weighted by atomic mass is 9.92. The zero-order valence-corrected chi connectivity index (χ0v) is 58.4. The maximum absolute atomic E-state index is 14.5. The second kappa shape index (κ2) is 30.1. The van der Waals surface area contributed by atoms with Gasteiger partial charge < -0.3 is 19.6 Å². The highest BCUT2D eigenvalue weighted by molar-refractivity contribution is 6.11. The summed E-state index contributed by atoms with van der Waals surface area (Å²) in [4.78, 5) is 91.9. The summed E-state index contributed by atoms with van der Waals surface area (Å²) >= 11 is 0. The zero-order chi connectivity index (χ0) is 72.6. The topological polar surface area (TPSA) is 159 Å². The van der Waals surface area contributed by atoms with Crippen molar-refractivity contribution in [3.8, 4) is 112 Å². The summed E-state index contributed by atoms with van der Waals surface area (Å²) < 4.78 is 0. The second-order valence-electron chi connectivity index (χ2n) is 25.6. The summed E-state index contributed by atoms with van der Waals surface area (Å²) in [6.45, 7) is 0. The molecule has 0 saturated carbocycles. The van der Waals surface area contributed by atoms with Crippen molar-refractivity contribution >= 4 is 46.4 Å². The molecule has 0 unspecified atom stereocenters. The van der Waals surface area contributed by atoms with Crippen molar-refractivity contribution in [3.05, 3.63) is 363 Å². The molecular formula is C92H68N10O4. The first-order valence-electron chi connectivity index (χ1n) is 34.6. The van der Waals surface area contributed by atoms with E-state index in [2.05, 4.69) is 92.7 Å². The van der Waals surface area contributed by atoms with Gasteiger partial charge in [-0.05, 0) is 184 Å². The summed E-state index contributed by atoms with van der Waals surface area (Å²) in [5.74, 6) is -0.887. The number of benzene rings is 10. The number of pyridine rings is 4. The van der Waals surface area contributed by atoms with Crippen molar-refractivity contribution in [1.82, 2.24) is 29.9 Å². The first-order chi connectivity index (χ1) is 51.8. The van der Waals surface area contributed by atoms with Crippen molar-refractivity contribution in [2.45, 2.75) is 0 Å². The Morgan fingerprint density at radius 1 is 0.208 bits per heavy atom. The van der Waals surface area contributed by atoms with E-state index in [1.54, 1.807) is 78.9 Å². The van der Waals surface area contributed by atoms with E-state index in [0.29, 0.717) is 45.0 Å². The number of aromatic nitrogens is 6. The van der Waals surface area contributed by atoms with Crippen LogP contribution in [0.25, 0.3) is 112 Å². The van der Waals surface area contributed by atoms with E-state index >= 15 is 0 Å². The molecule has 0 saturated heterocycles. The molecule has 14 nitrogen and oxygen atoms in total. The zero-order valence-electron chi connectivity index (χ0n) is 58.4. The fourth-order valence-corrected chi connectivity index (χ4v) is 13.1. The minimum absolute atomic E-state index is 0.222. The third-order valence-corrected chi connectivity index (χ3v) is 19.1. The molecule has 0 spiro atoms. The molecule has 0 aliphatic carbocycles. The molecule has 15 rings (SSSR count). The van der Waals surface area contributed by atoms with Crippen LogP contribution in [0.4, 0.5) is 22.7 Å². The molecule has 0 bridgehead atoms. The maximum atomic E-state index is 14.5. The van der Waals surface area contributed by atoms with Crippen LogP contribution in [0.3, 0.4) is 0 Å². The van der Waals surface area contributed by atoms with Gasteiger partial charge in [-0.1, -0.05) is 170 Å². The van der Waals surface area contributed by atoms with Crippen molar-refractivity contribution in [3.63, 3.8) is 0 Å². The van der Waals surface area contributed by atoms with Gasteiger partial charge in [-0.25, -0.2) is 9.97 Å². The van der Waals surface area contributed by atoms with Crippen LogP contribution in [0.2, 0.25) is 0 Å². The Balaban J connectivity index is 0.704. The predicted octanol–water partition coefficient (Wildman–Crippen LogP) is 19.8. The van der Waals surface area contributed by atoms with Crippen LogP contribution in [-0.2, 0) is 0 Å². The molecule has 5 heterocycles. The summed E-state index contributed by atoms with van der Waals surface area (Å²) in [7, 11) is 7.01. The van der Waals surface area contributed by atoms with Gasteiger partial charge in [-0.15, -0.1) is 0 Å². The minimum Gasteiger partial charge on any atom is -0.311 e. The molecule has 4 amide bonds. The van der Waals surface area contributed by atoms with Crippen LogP contribution in [0.5, 0.6) is 0 Å². The van der Waals surface area contributed by atoms with Gasteiger partial charge >= 0.3 is 0 Å². The molecule has 0 radical (unpaired) electrons. The SMILES string of the molecule is CN(C(=O)c1ccc(-c2ccccn2)cc1)c1cc(-c2ccccc2-c2ccc(-c3cc(-c4ccc(-c5ccccc5-c5cc(N(C)C(=O)c6ccc(-c7ccccn7)cc6)cc(N(C)C(=O)c6ccc(-c7ccccn7)cc6)c5)cc4)ncn3)cc2)cc(N(C)C(=O)c2ccc(-c3ccccn3)cc2)c1. The third kappa shape index (κ3) is 14.4. The van der Waals surface area contributed by atoms with Crippen LogP contribution >= 0.6 is 0 Å². The van der Waals surface area contributed by atoms with E-state index in [1.165, 1.54) is 0 Å². The minimum atomic E-state index is -0.222. The number of rotatable bonds is 18. The fourth-order valence-electron chi connectivity index (χ4n) is 13.1. The monoisotopic (exact) mass is 1380 g/mol. The fraction of sp³-hybridized carbons (Fsp3) is 0.0435. The van der Waals surface area contributed by atoms with Crippen LogP contribution in [0, 0.1) is 0 Å². The Kier molecular flexibility index (Phi) is 19.2. The first-order valence-corrected chi connectivity index (χ1v) is 34.6. The first kappa shape index (κ1) is 67.6. The molecule has 15 aromatic rings. The van der Waals surface area contributed by atoms with Crippen LogP contribution in [0.1, 0.15) is 41.4 Å². The van der Waals surface area contributed by atoms with Gasteiger partial charge in [0.05, 0.1) is 34.2 Å². The van der Waals surface area contributed by atoms with Gasteiger partial charge in [0.2, 0.25) is 0 Å². The Labute approximate surface area is 614 Å². The summed E-state index contributed by atoms with van der Waals surface area (Å²) in [6, 6.07) is 99.2. The summed E-state index contributed by atoms with van der Waals surface area (Å²) in [6.07, 6.45) is 8.57. The van der Waals surface area contributed by atoms with E-state index in [9.17, 15) is 19.2 Å². The lowest BCUT2D eigenvalue weighted by molar-refractivity contribution is 0.0984. The Morgan fingerprint density at radius 2 is 0.425 bits per heavy atom. The number of amides is 4. The van der Waals surface area contributed by atoms with Crippen molar-refractivity contribution in [2.24, 2.45) is 0 Å². The van der Waals surface area contributed by atoms with Crippen LogP contribution in [0.15, 0.2) is 340 Å². The van der Waals surface area contributed by atoms with Gasteiger partial charge in [-0.2, -0.15) is 0 Å². The van der Waals surface area contributed by atoms with Gasteiger partial charge in [0.15, 0.2) is 0 Å². The Hall–Kier alpha value is -14.2. The number of anilines is 4. The molecule has 0 N–H and O–H groups in total. The largest absolute Gasteiger partial charge is 0.311 e. The molecule has 510 valence electrons. The number of hydrogen-bond acceptors (Lipinski definition) is 10. The van der Waals surface area contributed by atoms with E-state index in [0.717, 1.165) is 112 Å². The second-order valence-corrected chi connectivity index (χ2v) is 25.6. The quantitative estimate of drug-likeness (QED) is 0.0809. The number of carbonyl (C=O) groups is 4. The van der Waals surface area contributed by atoms with E-state index in [-0.39, 0.29) is 23.6 Å². The average Bonchev–Trinajstić information content (AvgIpc) is 0.782. The number of carbonyl (C=O) groups excluding carboxylic acids is 4. The number of hydrogen-bond donors (Lipinski definition) is 0. The van der Waals surface area contributed by atoms with Crippen molar-refractivity contribution < 1.29 is 19.2 Å². The Bertz CT molecular complexity index is 5110. The maximum Gasteiger partial charge on any atom is 0.258 e. The molecule has 10 aromatic carbocycles.